The third-order valence-corrected chi connectivity index (χ3v) is 4.20. The molecule has 0 aromatic heterocycles. The van der Waals surface area contributed by atoms with Crippen LogP contribution in [0, 0.1) is 17.5 Å². The SMILES string of the molecule is CC(CC(=O)N(CCC(=O)O)Cc1ccc(F)c(F)c1)c1cccc(F)c1. The van der Waals surface area contributed by atoms with Crippen molar-refractivity contribution in [2.45, 2.75) is 32.2 Å². The predicted octanol–water partition coefficient (Wildman–Crippen LogP) is 4.10. The van der Waals surface area contributed by atoms with Gasteiger partial charge in [0.05, 0.1) is 6.42 Å². The minimum Gasteiger partial charge on any atom is -0.481 e. The molecule has 2 rings (SSSR count). The zero-order chi connectivity index (χ0) is 20.0. The lowest BCUT2D eigenvalue weighted by Gasteiger charge is -2.24. The molecule has 1 N–H and O–H groups in total. The highest BCUT2D eigenvalue weighted by molar-refractivity contribution is 5.78. The van der Waals surface area contributed by atoms with E-state index in [2.05, 4.69) is 0 Å². The Morgan fingerprint density at radius 2 is 1.81 bits per heavy atom. The van der Waals surface area contributed by atoms with E-state index in [0.29, 0.717) is 11.1 Å². The average Bonchev–Trinajstić information content (AvgIpc) is 2.61. The van der Waals surface area contributed by atoms with Gasteiger partial charge in [0.15, 0.2) is 11.6 Å². The Morgan fingerprint density at radius 3 is 2.44 bits per heavy atom. The van der Waals surface area contributed by atoms with Crippen molar-refractivity contribution in [3.63, 3.8) is 0 Å². The maximum absolute atomic E-state index is 13.4. The largest absolute Gasteiger partial charge is 0.481 e. The molecule has 0 heterocycles. The highest BCUT2D eigenvalue weighted by Crippen LogP contribution is 2.22. The highest BCUT2D eigenvalue weighted by atomic mass is 19.2. The molecule has 0 bridgehead atoms. The summed E-state index contributed by atoms with van der Waals surface area (Å²) in [7, 11) is 0. The molecule has 144 valence electrons. The molecule has 0 fully saturated rings. The number of nitrogens with zero attached hydrogens (tertiary/aromatic N) is 1. The van der Waals surface area contributed by atoms with Crippen molar-refractivity contribution in [3.8, 4) is 0 Å². The third kappa shape index (κ3) is 6.13. The molecule has 7 heteroatoms. The van der Waals surface area contributed by atoms with Crippen LogP contribution in [0.25, 0.3) is 0 Å². The Labute approximate surface area is 155 Å². The highest BCUT2D eigenvalue weighted by Gasteiger charge is 2.20. The molecule has 0 aliphatic heterocycles. The second-order valence-electron chi connectivity index (χ2n) is 6.37. The lowest BCUT2D eigenvalue weighted by Crippen LogP contribution is -2.33. The van der Waals surface area contributed by atoms with Gasteiger partial charge in [-0.2, -0.15) is 0 Å². The Bertz CT molecular complexity index is 826. The molecule has 0 radical (unpaired) electrons. The van der Waals surface area contributed by atoms with Crippen molar-refractivity contribution in [3.05, 3.63) is 71.0 Å². The van der Waals surface area contributed by atoms with Crippen LogP contribution in [-0.2, 0) is 16.1 Å². The molecule has 2 aromatic rings. The molecule has 27 heavy (non-hydrogen) atoms. The summed E-state index contributed by atoms with van der Waals surface area (Å²) in [6.07, 6.45) is -0.240. The van der Waals surface area contributed by atoms with Crippen molar-refractivity contribution in [1.29, 1.82) is 0 Å². The second-order valence-corrected chi connectivity index (χ2v) is 6.37. The van der Waals surface area contributed by atoms with Gasteiger partial charge in [-0.05, 0) is 41.3 Å². The lowest BCUT2D eigenvalue weighted by atomic mass is 9.97. The molecular weight excluding hydrogens is 359 g/mol. The molecule has 0 aliphatic carbocycles. The standard InChI is InChI=1S/C20H20F3NO3/c1-13(15-3-2-4-16(21)11-15)9-19(25)24(8-7-20(26)27)12-14-5-6-17(22)18(23)10-14/h2-6,10-11,13H,7-9,12H2,1H3,(H,26,27). The van der Waals surface area contributed by atoms with Crippen molar-refractivity contribution in [1.82, 2.24) is 4.90 Å². The minimum absolute atomic E-state index is 0.0345. The Hall–Kier alpha value is -2.83. The van der Waals surface area contributed by atoms with Gasteiger partial charge in [-0.3, -0.25) is 9.59 Å². The summed E-state index contributed by atoms with van der Waals surface area (Å²) in [5.41, 5.74) is 1.00. The summed E-state index contributed by atoms with van der Waals surface area (Å²) in [4.78, 5) is 24.8. The zero-order valence-corrected chi connectivity index (χ0v) is 14.8. The average molecular weight is 379 g/mol. The van der Waals surface area contributed by atoms with Crippen LogP contribution >= 0.6 is 0 Å². The van der Waals surface area contributed by atoms with Gasteiger partial charge in [0.2, 0.25) is 5.91 Å². The van der Waals surface area contributed by atoms with Crippen molar-refractivity contribution >= 4 is 11.9 Å². The monoisotopic (exact) mass is 379 g/mol. The van der Waals surface area contributed by atoms with E-state index in [1.54, 1.807) is 19.1 Å². The number of hydrogen-bond donors (Lipinski definition) is 1. The smallest absolute Gasteiger partial charge is 0.305 e. The molecule has 2 aromatic carbocycles. The fraction of sp³-hybridized carbons (Fsp3) is 0.300. The predicted molar refractivity (Wildman–Crippen MR) is 93.5 cm³/mol. The molecule has 1 amide bonds. The van der Waals surface area contributed by atoms with Gasteiger partial charge in [0.1, 0.15) is 5.82 Å². The number of carbonyl (C=O) groups is 2. The summed E-state index contributed by atoms with van der Waals surface area (Å²) in [6.45, 7) is 1.65. The molecule has 1 unspecified atom stereocenters. The van der Waals surface area contributed by atoms with Crippen LogP contribution in [0.4, 0.5) is 13.2 Å². The van der Waals surface area contributed by atoms with Gasteiger partial charge >= 0.3 is 5.97 Å². The third-order valence-electron chi connectivity index (χ3n) is 4.20. The molecule has 1 atom stereocenters. The number of halogens is 3. The molecule has 4 nitrogen and oxygen atoms in total. The van der Waals surface area contributed by atoms with E-state index in [4.69, 9.17) is 5.11 Å². The van der Waals surface area contributed by atoms with E-state index in [9.17, 15) is 22.8 Å². The van der Waals surface area contributed by atoms with Crippen molar-refractivity contribution in [2.75, 3.05) is 6.54 Å². The van der Waals surface area contributed by atoms with Crippen LogP contribution < -0.4 is 0 Å². The first kappa shape index (κ1) is 20.5. The molecule has 0 spiro atoms. The Balaban J connectivity index is 2.12. The number of benzene rings is 2. The van der Waals surface area contributed by atoms with E-state index in [-0.39, 0.29) is 37.8 Å². The van der Waals surface area contributed by atoms with Crippen LogP contribution in [-0.4, -0.2) is 28.4 Å². The number of carboxylic acid groups (broad SMARTS) is 1. The first-order chi connectivity index (χ1) is 12.8. The van der Waals surface area contributed by atoms with Gasteiger partial charge in [-0.25, -0.2) is 13.2 Å². The van der Waals surface area contributed by atoms with Gasteiger partial charge in [-0.15, -0.1) is 0 Å². The van der Waals surface area contributed by atoms with Crippen molar-refractivity contribution in [2.24, 2.45) is 0 Å². The topological polar surface area (TPSA) is 57.6 Å². The van der Waals surface area contributed by atoms with Crippen LogP contribution in [0.3, 0.4) is 0 Å². The summed E-state index contributed by atoms with van der Waals surface area (Å²) >= 11 is 0. The Morgan fingerprint density at radius 1 is 1.07 bits per heavy atom. The Kier molecular flexibility index (Phi) is 6.98. The first-order valence-corrected chi connectivity index (χ1v) is 8.45. The molecule has 0 aliphatic rings. The van der Waals surface area contributed by atoms with Crippen LogP contribution in [0.5, 0.6) is 0 Å². The van der Waals surface area contributed by atoms with Gasteiger partial charge in [0, 0.05) is 19.5 Å². The fourth-order valence-corrected chi connectivity index (χ4v) is 2.70. The maximum atomic E-state index is 13.4. The second kappa shape index (κ2) is 9.21. The normalized spacial score (nSPS) is 11.9. The molecule has 0 saturated carbocycles. The lowest BCUT2D eigenvalue weighted by molar-refractivity contribution is -0.138. The zero-order valence-electron chi connectivity index (χ0n) is 14.8. The van der Waals surface area contributed by atoms with Gasteiger partial charge < -0.3 is 10.0 Å². The minimum atomic E-state index is -1.07. The van der Waals surface area contributed by atoms with Gasteiger partial charge in [-0.1, -0.05) is 25.1 Å². The first-order valence-electron chi connectivity index (χ1n) is 8.45. The summed E-state index contributed by atoms with van der Waals surface area (Å²) in [5.74, 6) is -4.15. The van der Waals surface area contributed by atoms with Crippen LogP contribution in [0.15, 0.2) is 42.5 Å². The summed E-state index contributed by atoms with van der Waals surface area (Å²) in [5, 5.41) is 8.89. The number of carbonyl (C=O) groups excluding carboxylic acids is 1. The molecular formula is C20H20F3NO3. The van der Waals surface area contributed by atoms with Crippen LogP contribution in [0.1, 0.15) is 36.8 Å². The van der Waals surface area contributed by atoms with Crippen molar-refractivity contribution < 1.29 is 27.9 Å². The number of rotatable bonds is 8. The van der Waals surface area contributed by atoms with E-state index in [0.717, 1.165) is 12.1 Å². The van der Waals surface area contributed by atoms with E-state index < -0.39 is 23.4 Å². The van der Waals surface area contributed by atoms with E-state index in [1.165, 1.54) is 23.1 Å². The number of carboxylic acids is 1. The van der Waals surface area contributed by atoms with E-state index >= 15 is 0 Å². The molecule has 0 saturated heterocycles. The fourth-order valence-electron chi connectivity index (χ4n) is 2.70. The summed E-state index contributed by atoms with van der Waals surface area (Å²) in [6, 6.07) is 9.18. The number of amides is 1. The summed E-state index contributed by atoms with van der Waals surface area (Å²) < 4.78 is 39.8. The van der Waals surface area contributed by atoms with Gasteiger partial charge in [0.25, 0.3) is 0 Å². The van der Waals surface area contributed by atoms with E-state index in [1.807, 2.05) is 0 Å². The number of aliphatic carboxylic acids is 1. The number of hydrogen-bond acceptors (Lipinski definition) is 2. The van der Waals surface area contributed by atoms with Crippen LogP contribution in [0.2, 0.25) is 0 Å². The quantitative estimate of drug-likeness (QED) is 0.751. The maximum Gasteiger partial charge on any atom is 0.305 e.